The number of benzene rings is 1. The Morgan fingerprint density at radius 1 is 1.16 bits per heavy atom. The number of aryl methyl sites for hydroxylation is 1. The van der Waals surface area contributed by atoms with Gasteiger partial charge in [-0.15, -0.1) is 0 Å². The summed E-state index contributed by atoms with van der Waals surface area (Å²) in [6, 6.07) is 2.55. The molecule has 4 heteroatoms. The molecule has 0 amide bonds. The Morgan fingerprint density at radius 2 is 1.89 bits per heavy atom. The fraction of sp³-hybridized carbons (Fsp3) is 0.600. The molecule has 0 bridgehead atoms. The third-order valence-electron chi connectivity index (χ3n) is 3.67. The first-order valence-electron chi connectivity index (χ1n) is 7.04. The van der Waals surface area contributed by atoms with Crippen LogP contribution in [0.4, 0.5) is 8.78 Å². The molecule has 1 aliphatic rings. The first kappa shape index (κ1) is 14.4. The Hall–Kier alpha value is -1.00. The molecule has 0 unspecified atom stereocenters. The van der Waals surface area contributed by atoms with Crippen LogP contribution in [0, 0.1) is 18.6 Å². The Bertz CT molecular complexity index is 415. The van der Waals surface area contributed by atoms with Crippen LogP contribution >= 0.6 is 0 Å². The van der Waals surface area contributed by atoms with Crippen LogP contribution in [0.3, 0.4) is 0 Å². The molecule has 106 valence electrons. The van der Waals surface area contributed by atoms with Crippen LogP contribution in [0.25, 0.3) is 0 Å². The van der Waals surface area contributed by atoms with E-state index in [4.69, 9.17) is 0 Å². The fourth-order valence-corrected chi connectivity index (χ4v) is 2.51. The van der Waals surface area contributed by atoms with Crippen LogP contribution in [0.15, 0.2) is 12.1 Å². The van der Waals surface area contributed by atoms with Crippen molar-refractivity contribution in [1.29, 1.82) is 0 Å². The molecule has 2 rings (SSSR count). The SMILES string of the molecule is Cc1cc(CNCCCN2CCCC2)c(F)cc1F. The minimum atomic E-state index is -0.477. The van der Waals surface area contributed by atoms with Crippen LogP contribution in [-0.2, 0) is 6.54 Å². The molecule has 0 radical (unpaired) electrons. The third-order valence-corrected chi connectivity index (χ3v) is 3.67. The van der Waals surface area contributed by atoms with Crippen molar-refractivity contribution >= 4 is 0 Å². The Labute approximate surface area is 113 Å². The lowest BCUT2D eigenvalue weighted by molar-refractivity contribution is 0.331. The highest BCUT2D eigenvalue weighted by atomic mass is 19.1. The summed E-state index contributed by atoms with van der Waals surface area (Å²) < 4.78 is 26.6. The molecule has 1 N–H and O–H groups in total. The van der Waals surface area contributed by atoms with Crippen molar-refractivity contribution < 1.29 is 8.78 Å². The summed E-state index contributed by atoms with van der Waals surface area (Å²) in [6.45, 7) is 6.53. The molecular weight excluding hydrogens is 246 g/mol. The maximum Gasteiger partial charge on any atom is 0.130 e. The van der Waals surface area contributed by atoms with Crippen LogP contribution in [0.5, 0.6) is 0 Å². The molecule has 0 aliphatic carbocycles. The van der Waals surface area contributed by atoms with Crippen molar-refractivity contribution in [1.82, 2.24) is 10.2 Å². The van der Waals surface area contributed by atoms with Crippen molar-refractivity contribution in [2.24, 2.45) is 0 Å². The van der Waals surface area contributed by atoms with Gasteiger partial charge >= 0.3 is 0 Å². The Kier molecular flexibility index (Phi) is 5.28. The fourth-order valence-electron chi connectivity index (χ4n) is 2.51. The van der Waals surface area contributed by atoms with Gasteiger partial charge in [-0.05, 0) is 64.0 Å². The van der Waals surface area contributed by atoms with E-state index in [0.29, 0.717) is 17.7 Å². The maximum absolute atomic E-state index is 13.5. The molecule has 1 heterocycles. The number of likely N-dealkylation sites (tertiary alicyclic amines) is 1. The van der Waals surface area contributed by atoms with E-state index in [-0.39, 0.29) is 0 Å². The summed E-state index contributed by atoms with van der Waals surface area (Å²) in [5.41, 5.74) is 1.04. The first-order valence-corrected chi connectivity index (χ1v) is 7.04. The number of rotatable bonds is 6. The van der Waals surface area contributed by atoms with Crippen LogP contribution < -0.4 is 5.32 Å². The standard InChI is InChI=1S/C15H22F2N2/c1-12-9-13(15(17)10-14(12)16)11-18-5-4-8-19-6-2-3-7-19/h9-10,18H,2-8,11H2,1H3. The van der Waals surface area contributed by atoms with Gasteiger partial charge in [0.25, 0.3) is 0 Å². The van der Waals surface area contributed by atoms with Gasteiger partial charge in [-0.1, -0.05) is 0 Å². The van der Waals surface area contributed by atoms with Crippen molar-refractivity contribution in [3.8, 4) is 0 Å². The van der Waals surface area contributed by atoms with Crippen LogP contribution in [-0.4, -0.2) is 31.1 Å². The van der Waals surface area contributed by atoms with E-state index >= 15 is 0 Å². The van der Waals surface area contributed by atoms with Crippen molar-refractivity contribution in [3.05, 3.63) is 34.9 Å². The summed E-state index contributed by atoms with van der Waals surface area (Å²) in [6.07, 6.45) is 3.70. The highest BCUT2D eigenvalue weighted by molar-refractivity contribution is 5.25. The number of halogens is 2. The zero-order valence-electron chi connectivity index (χ0n) is 11.5. The van der Waals surface area contributed by atoms with Crippen molar-refractivity contribution in [2.75, 3.05) is 26.2 Å². The number of nitrogens with zero attached hydrogens (tertiary/aromatic N) is 1. The molecular formula is C15H22F2N2. The molecule has 1 aliphatic heterocycles. The van der Waals surface area contributed by atoms with Gasteiger partial charge in [0.05, 0.1) is 0 Å². The lowest BCUT2D eigenvalue weighted by Crippen LogP contribution is -2.24. The second kappa shape index (κ2) is 6.96. The molecule has 1 aromatic rings. The summed E-state index contributed by atoms with van der Waals surface area (Å²) in [7, 11) is 0. The lowest BCUT2D eigenvalue weighted by atomic mass is 10.1. The highest BCUT2D eigenvalue weighted by Crippen LogP contribution is 2.14. The molecule has 1 aromatic carbocycles. The van der Waals surface area contributed by atoms with Crippen molar-refractivity contribution in [3.63, 3.8) is 0 Å². The van der Waals surface area contributed by atoms with Crippen molar-refractivity contribution in [2.45, 2.75) is 32.7 Å². The summed E-state index contributed by atoms with van der Waals surface area (Å²) in [5, 5.41) is 3.22. The quantitative estimate of drug-likeness (QED) is 0.798. The second-order valence-corrected chi connectivity index (χ2v) is 5.27. The average molecular weight is 268 g/mol. The monoisotopic (exact) mass is 268 g/mol. The van der Waals surface area contributed by atoms with E-state index in [1.54, 1.807) is 13.0 Å². The normalized spacial score (nSPS) is 16.2. The van der Waals surface area contributed by atoms with Gasteiger partial charge in [-0.2, -0.15) is 0 Å². The third kappa shape index (κ3) is 4.25. The van der Waals surface area contributed by atoms with Gasteiger partial charge in [0.15, 0.2) is 0 Å². The molecule has 0 atom stereocenters. The molecule has 0 saturated carbocycles. The molecule has 0 aromatic heterocycles. The minimum absolute atomic E-state index is 0.463. The van der Waals surface area contributed by atoms with Gasteiger partial charge < -0.3 is 10.2 Å². The summed E-state index contributed by atoms with van der Waals surface area (Å²) in [5.74, 6) is -0.939. The molecule has 1 saturated heterocycles. The van der Waals surface area contributed by atoms with Gasteiger partial charge in [-0.3, -0.25) is 0 Å². The van der Waals surface area contributed by atoms with E-state index in [2.05, 4.69) is 10.2 Å². The lowest BCUT2D eigenvalue weighted by Gasteiger charge is -2.14. The number of hydrogen-bond donors (Lipinski definition) is 1. The number of nitrogens with one attached hydrogen (secondary N) is 1. The largest absolute Gasteiger partial charge is 0.313 e. The van der Waals surface area contributed by atoms with Crippen LogP contribution in [0.2, 0.25) is 0 Å². The van der Waals surface area contributed by atoms with Gasteiger partial charge in [0.2, 0.25) is 0 Å². The summed E-state index contributed by atoms with van der Waals surface area (Å²) >= 11 is 0. The zero-order chi connectivity index (χ0) is 13.7. The Morgan fingerprint density at radius 3 is 2.63 bits per heavy atom. The maximum atomic E-state index is 13.5. The van der Waals surface area contributed by atoms with Crippen LogP contribution in [0.1, 0.15) is 30.4 Å². The highest BCUT2D eigenvalue weighted by Gasteiger charge is 2.10. The summed E-state index contributed by atoms with van der Waals surface area (Å²) in [4.78, 5) is 2.46. The van der Waals surface area contributed by atoms with E-state index in [1.165, 1.54) is 25.9 Å². The predicted octanol–water partition coefficient (Wildman–Crippen LogP) is 2.85. The molecule has 1 fully saturated rings. The topological polar surface area (TPSA) is 15.3 Å². The predicted molar refractivity (Wildman–Crippen MR) is 73.1 cm³/mol. The smallest absolute Gasteiger partial charge is 0.130 e. The molecule has 0 spiro atoms. The Balaban J connectivity index is 1.69. The van der Waals surface area contributed by atoms with Gasteiger partial charge in [0, 0.05) is 18.2 Å². The first-order chi connectivity index (χ1) is 9.16. The van der Waals surface area contributed by atoms with E-state index in [0.717, 1.165) is 25.6 Å². The van der Waals surface area contributed by atoms with E-state index in [1.807, 2.05) is 0 Å². The molecule has 2 nitrogen and oxygen atoms in total. The second-order valence-electron chi connectivity index (χ2n) is 5.27. The van der Waals surface area contributed by atoms with Gasteiger partial charge in [0.1, 0.15) is 11.6 Å². The van der Waals surface area contributed by atoms with E-state index < -0.39 is 11.6 Å². The number of hydrogen-bond acceptors (Lipinski definition) is 2. The molecule has 19 heavy (non-hydrogen) atoms. The van der Waals surface area contributed by atoms with E-state index in [9.17, 15) is 8.78 Å². The average Bonchev–Trinajstić information content (AvgIpc) is 2.88. The minimum Gasteiger partial charge on any atom is -0.313 e. The van der Waals surface area contributed by atoms with Gasteiger partial charge in [-0.25, -0.2) is 8.78 Å². The zero-order valence-corrected chi connectivity index (χ0v) is 11.5.